The summed E-state index contributed by atoms with van der Waals surface area (Å²) in [4.78, 5) is 24.3. The fourth-order valence-corrected chi connectivity index (χ4v) is 3.78. The summed E-state index contributed by atoms with van der Waals surface area (Å²) in [5.74, 6) is 0.0994. The van der Waals surface area contributed by atoms with Gasteiger partial charge < -0.3 is 10.6 Å². The summed E-state index contributed by atoms with van der Waals surface area (Å²) in [5, 5.41) is 6.69. The Balaban J connectivity index is 1.78. The van der Waals surface area contributed by atoms with E-state index in [-0.39, 0.29) is 23.9 Å². The summed E-state index contributed by atoms with van der Waals surface area (Å²) < 4.78 is 0. The van der Waals surface area contributed by atoms with Gasteiger partial charge in [-0.05, 0) is 37.8 Å². The lowest BCUT2D eigenvalue weighted by molar-refractivity contribution is -0.132. The third kappa shape index (κ3) is 2.60. The van der Waals surface area contributed by atoms with Crippen LogP contribution >= 0.6 is 11.6 Å². The number of hydrogen-bond donors (Lipinski definition) is 2. The molecule has 2 unspecified atom stereocenters. The van der Waals surface area contributed by atoms with E-state index in [1.165, 1.54) is 0 Å². The predicted molar refractivity (Wildman–Crippen MR) is 85.8 cm³/mol. The number of amides is 2. The van der Waals surface area contributed by atoms with Gasteiger partial charge in [-0.15, -0.1) is 0 Å². The maximum atomic E-state index is 12.9. The van der Waals surface area contributed by atoms with E-state index in [1.54, 1.807) is 0 Å². The van der Waals surface area contributed by atoms with Gasteiger partial charge in [-0.2, -0.15) is 0 Å². The van der Waals surface area contributed by atoms with Crippen molar-refractivity contribution in [2.45, 2.75) is 56.5 Å². The van der Waals surface area contributed by atoms with E-state index in [0.29, 0.717) is 17.9 Å². The van der Waals surface area contributed by atoms with Gasteiger partial charge in [-0.3, -0.25) is 9.59 Å². The molecule has 1 heterocycles. The predicted octanol–water partition coefficient (Wildman–Crippen LogP) is 2.55. The second-order valence-corrected chi connectivity index (χ2v) is 6.80. The third-order valence-electron chi connectivity index (χ3n) is 5.02. The molecule has 1 aliphatic heterocycles. The van der Waals surface area contributed by atoms with Crippen molar-refractivity contribution in [1.29, 1.82) is 0 Å². The van der Waals surface area contributed by atoms with Crippen molar-refractivity contribution in [3.8, 4) is 0 Å². The molecule has 4 nitrogen and oxygen atoms in total. The zero-order valence-corrected chi connectivity index (χ0v) is 13.5. The first-order valence-electron chi connectivity index (χ1n) is 7.88. The maximum absolute atomic E-state index is 12.9. The highest BCUT2D eigenvalue weighted by atomic mass is 35.5. The van der Waals surface area contributed by atoms with Gasteiger partial charge in [0.15, 0.2) is 0 Å². The van der Waals surface area contributed by atoms with Gasteiger partial charge in [0.2, 0.25) is 11.8 Å². The smallest absolute Gasteiger partial charge is 0.230 e. The van der Waals surface area contributed by atoms with Crippen LogP contribution in [0.25, 0.3) is 0 Å². The Morgan fingerprint density at radius 1 is 1.36 bits per heavy atom. The number of carbonyl (C=O) groups is 2. The molecule has 1 aliphatic carbocycles. The van der Waals surface area contributed by atoms with Gasteiger partial charge in [0, 0.05) is 23.5 Å². The summed E-state index contributed by atoms with van der Waals surface area (Å²) in [6.45, 7) is 1.94. The van der Waals surface area contributed by atoms with Gasteiger partial charge in [0.1, 0.15) is 0 Å². The summed E-state index contributed by atoms with van der Waals surface area (Å²) in [6.07, 6.45) is 3.85. The minimum Gasteiger partial charge on any atom is -0.352 e. The van der Waals surface area contributed by atoms with Gasteiger partial charge in [0.05, 0.1) is 5.41 Å². The minimum atomic E-state index is -0.500. The number of carbonyl (C=O) groups excluding carboxylic acids is 2. The van der Waals surface area contributed by atoms with E-state index in [1.807, 2.05) is 31.2 Å². The standard InChI is InChI=1S/C17H21ClN2O2/c1-11-14(7-8-15(21)19-11)20-16(22)17(9-4-10-17)12-5-2-3-6-13(12)18/h2-3,5-6,11,14H,4,7-10H2,1H3,(H,19,21)(H,20,22). The highest BCUT2D eigenvalue weighted by Crippen LogP contribution is 2.46. The van der Waals surface area contributed by atoms with Crippen molar-refractivity contribution in [1.82, 2.24) is 10.6 Å². The highest BCUT2D eigenvalue weighted by Gasteiger charge is 2.47. The molecular weight excluding hydrogens is 300 g/mol. The van der Waals surface area contributed by atoms with Crippen LogP contribution in [0.15, 0.2) is 24.3 Å². The van der Waals surface area contributed by atoms with Crippen LogP contribution in [0.1, 0.15) is 44.6 Å². The Labute approximate surface area is 135 Å². The molecule has 2 fully saturated rings. The lowest BCUT2D eigenvalue weighted by Gasteiger charge is -2.43. The fraction of sp³-hybridized carbons (Fsp3) is 0.529. The Bertz CT molecular complexity index is 598. The normalized spacial score (nSPS) is 26.7. The van der Waals surface area contributed by atoms with Gasteiger partial charge >= 0.3 is 0 Å². The summed E-state index contributed by atoms with van der Waals surface area (Å²) in [5.41, 5.74) is 0.424. The van der Waals surface area contributed by atoms with E-state index in [4.69, 9.17) is 11.6 Å². The van der Waals surface area contributed by atoms with Gasteiger partial charge in [-0.1, -0.05) is 36.2 Å². The van der Waals surface area contributed by atoms with E-state index >= 15 is 0 Å². The molecule has 2 atom stereocenters. The fourth-order valence-electron chi connectivity index (χ4n) is 3.47. The van der Waals surface area contributed by atoms with Crippen LogP contribution in [0, 0.1) is 0 Å². The van der Waals surface area contributed by atoms with Crippen molar-refractivity contribution in [2.24, 2.45) is 0 Å². The molecule has 2 N–H and O–H groups in total. The molecule has 3 rings (SSSR count). The molecule has 1 saturated heterocycles. The van der Waals surface area contributed by atoms with Crippen molar-refractivity contribution >= 4 is 23.4 Å². The molecule has 2 amide bonds. The number of piperidine rings is 1. The number of rotatable bonds is 3. The molecule has 22 heavy (non-hydrogen) atoms. The van der Waals surface area contributed by atoms with Crippen LogP contribution in [0.5, 0.6) is 0 Å². The van der Waals surface area contributed by atoms with Crippen LogP contribution < -0.4 is 10.6 Å². The molecule has 0 spiro atoms. The van der Waals surface area contributed by atoms with E-state index in [9.17, 15) is 9.59 Å². The Hall–Kier alpha value is -1.55. The average molecular weight is 321 g/mol. The van der Waals surface area contributed by atoms with E-state index < -0.39 is 5.41 Å². The number of halogens is 1. The summed E-state index contributed by atoms with van der Waals surface area (Å²) in [7, 11) is 0. The van der Waals surface area contributed by atoms with Crippen LogP contribution in [-0.4, -0.2) is 23.9 Å². The second-order valence-electron chi connectivity index (χ2n) is 6.39. The van der Waals surface area contributed by atoms with Crippen molar-refractivity contribution in [2.75, 3.05) is 0 Å². The first kappa shape index (κ1) is 15.3. The Morgan fingerprint density at radius 3 is 2.68 bits per heavy atom. The molecule has 118 valence electrons. The first-order valence-corrected chi connectivity index (χ1v) is 8.26. The van der Waals surface area contributed by atoms with Crippen LogP contribution in [0.4, 0.5) is 0 Å². The molecule has 1 saturated carbocycles. The maximum Gasteiger partial charge on any atom is 0.230 e. The Morgan fingerprint density at radius 2 is 2.09 bits per heavy atom. The lowest BCUT2D eigenvalue weighted by atomic mass is 9.63. The lowest BCUT2D eigenvalue weighted by Crippen LogP contribution is -2.59. The highest BCUT2D eigenvalue weighted by molar-refractivity contribution is 6.31. The monoisotopic (exact) mass is 320 g/mol. The molecular formula is C17H21ClN2O2. The van der Waals surface area contributed by atoms with Crippen LogP contribution in [0.3, 0.4) is 0 Å². The molecule has 2 aliphatic rings. The molecule has 0 aromatic heterocycles. The molecule has 1 aromatic rings. The average Bonchev–Trinajstić information content (AvgIpc) is 2.43. The molecule has 5 heteroatoms. The molecule has 0 bridgehead atoms. The van der Waals surface area contributed by atoms with Crippen molar-refractivity contribution < 1.29 is 9.59 Å². The zero-order valence-electron chi connectivity index (χ0n) is 12.7. The van der Waals surface area contributed by atoms with Gasteiger partial charge in [-0.25, -0.2) is 0 Å². The molecule has 0 radical (unpaired) electrons. The third-order valence-corrected chi connectivity index (χ3v) is 5.35. The summed E-state index contributed by atoms with van der Waals surface area (Å²) >= 11 is 6.32. The number of nitrogens with one attached hydrogen (secondary N) is 2. The Kier molecular flexibility index (Phi) is 4.13. The van der Waals surface area contributed by atoms with Crippen molar-refractivity contribution in [3.05, 3.63) is 34.9 Å². The number of benzene rings is 1. The van der Waals surface area contributed by atoms with Crippen LogP contribution in [-0.2, 0) is 15.0 Å². The largest absolute Gasteiger partial charge is 0.352 e. The topological polar surface area (TPSA) is 58.2 Å². The molecule has 1 aromatic carbocycles. The van der Waals surface area contributed by atoms with E-state index in [2.05, 4.69) is 10.6 Å². The van der Waals surface area contributed by atoms with E-state index in [0.717, 1.165) is 24.8 Å². The minimum absolute atomic E-state index is 0.00911. The summed E-state index contributed by atoms with van der Waals surface area (Å²) in [6, 6.07) is 7.56. The van der Waals surface area contributed by atoms with Crippen LogP contribution in [0.2, 0.25) is 5.02 Å². The van der Waals surface area contributed by atoms with Gasteiger partial charge in [0.25, 0.3) is 0 Å². The second kappa shape index (κ2) is 5.92. The first-order chi connectivity index (χ1) is 10.5. The number of hydrogen-bond acceptors (Lipinski definition) is 2. The zero-order chi connectivity index (χ0) is 15.7. The quantitative estimate of drug-likeness (QED) is 0.899. The van der Waals surface area contributed by atoms with Crippen molar-refractivity contribution in [3.63, 3.8) is 0 Å². The SMILES string of the molecule is CC1NC(=O)CCC1NC(=O)C1(c2ccccc2Cl)CCC1.